The number of fused-ring (bicyclic) bond motifs is 5. The van der Waals surface area contributed by atoms with Crippen LogP contribution in [-0.4, -0.2) is 85.1 Å². The molecular weight excluding hydrogens is 530 g/mol. The fraction of sp³-hybridized carbons (Fsp3) is 0.552. The third-order valence-corrected chi connectivity index (χ3v) is 8.52. The number of aromatic nitrogens is 4. The number of hydrogen-bond donors (Lipinski definition) is 2. The minimum atomic E-state index is -2.73. The number of anilines is 1. The van der Waals surface area contributed by atoms with Crippen molar-refractivity contribution < 1.29 is 18.4 Å². The normalized spacial score (nSPS) is 23.5. The zero-order valence-electron chi connectivity index (χ0n) is 23.8. The highest BCUT2D eigenvalue weighted by Gasteiger charge is 2.50. The molecule has 6 rings (SSSR count). The van der Waals surface area contributed by atoms with E-state index in [2.05, 4.69) is 25.9 Å². The molecule has 2 aromatic heterocycles. The van der Waals surface area contributed by atoms with E-state index in [1.165, 1.54) is 0 Å². The molecule has 10 nitrogen and oxygen atoms in total. The molecule has 3 aromatic rings. The summed E-state index contributed by atoms with van der Waals surface area (Å²) in [4.78, 5) is 31.2. The number of nitrogens with zero attached hydrogens (tertiary/aromatic N) is 6. The molecule has 2 bridgehead atoms. The zero-order chi connectivity index (χ0) is 29.1. The van der Waals surface area contributed by atoms with Gasteiger partial charge in [0.15, 0.2) is 11.5 Å². The highest BCUT2D eigenvalue weighted by molar-refractivity contribution is 5.99. The summed E-state index contributed by atoms with van der Waals surface area (Å²) in [5.41, 5.74) is 3.41. The maximum absolute atomic E-state index is 14.4. The number of halogens is 2. The predicted molar refractivity (Wildman–Crippen MR) is 149 cm³/mol. The Morgan fingerprint density at radius 1 is 1.20 bits per heavy atom. The smallest absolute Gasteiger partial charge is 0.275 e. The number of piperazine rings is 1. The number of nitrogens with one attached hydrogen (secondary N) is 2. The summed E-state index contributed by atoms with van der Waals surface area (Å²) in [5.74, 6) is -2.59. The Morgan fingerprint density at radius 3 is 2.63 bits per heavy atom. The molecule has 41 heavy (non-hydrogen) atoms. The summed E-state index contributed by atoms with van der Waals surface area (Å²) in [5, 5.41) is 19.8. The van der Waals surface area contributed by atoms with Crippen LogP contribution in [-0.2, 0) is 11.2 Å². The molecule has 2 saturated heterocycles. The fourth-order valence-corrected chi connectivity index (χ4v) is 6.56. The van der Waals surface area contributed by atoms with Crippen LogP contribution in [0.1, 0.15) is 67.1 Å². The minimum Gasteiger partial charge on any atom is -0.379 e. The third-order valence-electron chi connectivity index (χ3n) is 8.52. The van der Waals surface area contributed by atoms with Crippen LogP contribution in [0, 0.1) is 12.8 Å². The number of aryl methyl sites for hydroxylation is 1. The molecule has 0 spiro atoms. The summed E-state index contributed by atoms with van der Waals surface area (Å²) in [6.07, 6.45) is 1.78. The van der Waals surface area contributed by atoms with Gasteiger partial charge in [-0.25, -0.2) is 8.78 Å². The number of piperidine rings is 1. The average molecular weight is 567 g/mol. The van der Waals surface area contributed by atoms with Crippen LogP contribution >= 0.6 is 0 Å². The molecule has 12 heteroatoms. The van der Waals surface area contributed by atoms with Crippen LogP contribution in [0.3, 0.4) is 0 Å². The Bertz CT molecular complexity index is 1480. The van der Waals surface area contributed by atoms with Gasteiger partial charge in [-0.15, -0.1) is 10.2 Å². The zero-order valence-corrected chi connectivity index (χ0v) is 23.8. The highest BCUT2D eigenvalue weighted by Crippen LogP contribution is 2.41. The SMILES string of the molecule is Cc1nnc2c(NC3CCN(CC(C)(F)F)CC3)cc(C(=O)N3[C@@H]4c5ccccc5C[C@H]3C(=O)N[C@@H]4C(C)C)nn12. The van der Waals surface area contributed by atoms with Crippen LogP contribution in [0.5, 0.6) is 0 Å². The lowest BCUT2D eigenvalue weighted by Gasteiger charge is -2.51. The van der Waals surface area contributed by atoms with Gasteiger partial charge in [0.1, 0.15) is 6.04 Å². The highest BCUT2D eigenvalue weighted by atomic mass is 19.3. The van der Waals surface area contributed by atoms with Crippen LogP contribution in [0.4, 0.5) is 14.5 Å². The monoisotopic (exact) mass is 566 g/mol. The van der Waals surface area contributed by atoms with Gasteiger partial charge >= 0.3 is 0 Å². The third kappa shape index (κ3) is 5.13. The first-order chi connectivity index (χ1) is 19.5. The van der Waals surface area contributed by atoms with Crippen molar-refractivity contribution in [1.82, 2.24) is 34.9 Å². The molecule has 3 atom stereocenters. The van der Waals surface area contributed by atoms with E-state index in [0.29, 0.717) is 49.5 Å². The van der Waals surface area contributed by atoms with Crippen molar-refractivity contribution in [3.8, 4) is 0 Å². The molecular formula is C29H36F2N8O2. The first-order valence-electron chi connectivity index (χ1n) is 14.3. The quantitative estimate of drug-likeness (QED) is 0.472. The van der Waals surface area contributed by atoms with Gasteiger partial charge in [0.2, 0.25) is 11.6 Å². The molecule has 0 aliphatic carbocycles. The van der Waals surface area contributed by atoms with Crippen LogP contribution < -0.4 is 10.6 Å². The molecule has 218 valence electrons. The van der Waals surface area contributed by atoms with Crippen LogP contribution in [0.15, 0.2) is 30.3 Å². The van der Waals surface area contributed by atoms with Gasteiger partial charge < -0.3 is 15.5 Å². The van der Waals surface area contributed by atoms with E-state index < -0.39 is 12.0 Å². The van der Waals surface area contributed by atoms with Gasteiger partial charge in [-0.3, -0.25) is 14.5 Å². The van der Waals surface area contributed by atoms with Crippen molar-refractivity contribution in [2.75, 3.05) is 25.0 Å². The lowest BCUT2D eigenvalue weighted by molar-refractivity contribution is -0.133. The lowest BCUT2D eigenvalue weighted by atomic mass is 9.78. The maximum Gasteiger partial charge on any atom is 0.275 e. The second-order valence-corrected chi connectivity index (χ2v) is 12.0. The van der Waals surface area contributed by atoms with E-state index >= 15 is 0 Å². The van der Waals surface area contributed by atoms with Crippen LogP contribution in [0.25, 0.3) is 5.65 Å². The number of benzene rings is 1. The fourth-order valence-electron chi connectivity index (χ4n) is 6.56. The Kier molecular flexibility index (Phi) is 6.91. The molecule has 5 heterocycles. The Morgan fingerprint density at radius 2 is 1.93 bits per heavy atom. The summed E-state index contributed by atoms with van der Waals surface area (Å²) in [7, 11) is 0. The number of hydrogen-bond acceptors (Lipinski definition) is 7. The molecule has 0 saturated carbocycles. The summed E-state index contributed by atoms with van der Waals surface area (Å²) in [6, 6.07) is 8.50. The minimum absolute atomic E-state index is 0.0141. The second-order valence-electron chi connectivity index (χ2n) is 12.0. The first kappa shape index (κ1) is 27.5. The average Bonchev–Trinajstić information content (AvgIpc) is 3.30. The molecule has 3 aliphatic rings. The van der Waals surface area contributed by atoms with Gasteiger partial charge in [0.05, 0.1) is 24.3 Å². The maximum atomic E-state index is 14.4. The number of likely N-dealkylation sites (tertiary alicyclic amines) is 1. The lowest BCUT2D eigenvalue weighted by Crippen LogP contribution is -2.66. The van der Waals surface area contributed by atoms with E-state index in [-0.39, 0.29) is 48.1 Å². The predicted octanol–water partition coefficient (Wildman–Crippen LogP) is 3.23. The van der Waals surface area contributed by atoms with E-state index in [4.69, 9.17) is 0 Å². The molecule has 2 amide bonds. The summed E-state index contributed by atoms with van der Waals surface area (Å²) in [6.45, 7) is 7.63. The molecule has 0 unspecified atom stereocenters. The topological polar surface area (TPSA) is 108 Å². The van der Waals surface area contributed by atoms with Gasteiger partial charge in [0, 0.05) is 32.5 Å². The number of carbonyl (C=O) groups is 2. The van der Waals surface area contributed by atoms with E-state index in [1.807, 2.05) is 38.1 Å². The molecule has 2 fully saturated rings. The van der Waals surface area contributed by atoms with Crippen molar-refractivity contribution in [1.29, 1.82) is 0 Å². The van der Waals surface area contributed by atoms with Crippen molar-refractivity contribution in [2.45, 2.75) is 77.0 Å². The number of carbonyl (C=O) groups excluding carboxylic acids is 2. The van der Waals surface area contributed by atoms with Crippen molar-refractivity contribution in [3.05, 3.63) is 53.0 Å². The molecule has 2 N–H and O–H groups in total. The van der Waals surface area contributed by atoms with Crippen LogP contribution in [0.2, 0.25) is 0 Å². The largest absolute Gasteiger partial charge is 0.379 e. The number of amides is 2. The summed E-state index contributed by atoms with van der Waals surface area (Å²) >= 11 is 0. The van der Waals surface area contributed by atoms with Gasteiger partial charge in [-0.2, -0.15) is 9.61 Å². The van der Waals surface area contributed by atoms with E-state index in [9.17, 15) is 18.4 Å². The second kappa shape index (κ2) is 10.3. The van der Waals surface area contributed by atoms with Gasteiger partial charge in [-0.05, 0) is 42.9 Å². The Labute approximate surface area is 237 Å². The Balaban J connectivity index is 1.33. The van der Waals surface area contributed by atoms with Crippen molar-refractivity contribution in [3.63, 3.8) is 0 Å². The molecule has 0 radical (unpaired) electrons. The number of alkyl halides is 2. The van der Waals surface area contributed by atoms with E-state index in [1.54, 1.807) is 27.3 Å². The molecule has 3 aliphatic heterocycles. The standard InChI is InChI=1S/C29H36F2N8O2/c1-16(2)24-25-20-8-6-5-7-18(20)13-23(27(40)33-24)38(25)28(41)22-14-21(26-35-34-17(3)39(26)36-22)32-19-9-11-37(12-10-19)15-29(4,30)31/h5-8,14,16,19,23-25,32H,9-13,15H2,1-4H3,(H,33,40)/t23-,24+,25+/m0/s1. The van der Waals surface area contributed by atoms with Crippen molar-refractivity contribution >= 4 is 23.1 Å². The van der Waals surface area contributed by atoms with Gasteiger partial charge in [-0.1, -0.05) is 38.1 Å². The molecule has 1 aromatic carbocycles. The van der Waals surface area contributed by atoms with Gasteiger partial charge in [0.25, 0.3) is 11.8 Å². The summed E-state index contributed by atoms with van der Waals surface area (Å²) < 4.78 is 28.6. The first-order valence-corrected chi connectivity index (χ1v) is 14.3. The van der Waals surface area contributed by atoms with Crippen molar-refractivity contribution in [2.24, 2.45) is 5.92 Å². The number of rotatable bonds is 6. The Hall–Kier alpha value is -3.67. The van der Waals surface area contributed by atoms with E-state index in [0.717, 1.165) is 18.1 Å².